The number of aliphatic carboxylic acids is 1. The van der Waals surface area contributed by atoms with Gasteiger partial charge >= 0.3 is 5.97 Å². The topological polar surface area (TPSA) is 109 Å². The normalized spacial score (nSPS) is 43.1. The lowest BCUT2D eigenvalue weighted by Gasteiger charge is -2.60. The second-order valence-corrected chi connectivity index (χ2v) is 12.4. The van der Waals surface area contributed by atoms with Crippen LogP contribution in [0.2, 0.25) is 0 Å². The number of ketones is 3. The van der Waals surface area contributed by atoms with Crippen LogP contribution < -0.4 is 0 Å². The number of rotatable bonds is 4. The highest BCUT2D eigenvalue weighted by molar-refractivity contribution is 6.05. The number of hydrogen-bond donors (Lipinski definition) is 2. The Morgan fingerprint density at radius 3 is 2.33 bits per heavy atom. The van der Waals surface area contributed by atoms with Gasteiger partial charge in [0.1, 0.15) is 11.6 Å². The molecule has 4 aliphatic rings. The van der Waals surface area contributed by atoms with Crippen LogP contribution in [0.5, 0.6) is 0 Å². The van der Waals surface area contributed by atoms with Crippen LogP contribution in [0.3, 0.4) is 0 Å². The predicted octanol–water partition coefficient (Wildman–Crippen LogP) is 4.13. The average molecular weight is 459 g/mol. The summed E-state index contributed by atoms with van der Waals surface area (Å²) in [4.78, 5) is 51.5. The Labute approximate surface area is 196 Å². The molecule has 4 rings (SSSR count). The van der Waals surface area contributed by atoms with Gasteiger partial charge in [0.15, 0.2) is 5.78 Å². The number of carbonyl (C=O) groups excluding carboxylic acids is 3. The SMILES string of the molecule is C[C@H](CCC(=O)O)[C@H]1CC(=O)[C@@]2(C)C3=C(C(=O)C[C@]12C)[C@@]1(C)CCC(=O)C(C)(C)[C@H]1C[C@@H]3O. The standard InChI is InChI=1S/C27H38O6/c1-14(7-8-21(32)33)15-11-20(31)27(6)23-16(28)12-18-24(2,3)19(30)9-10-25(18,4)22(23)17(29)13-26(15,27)5/h14-16,18,28H,7-13H2,1-6H3,(H,32,33)/t14-,15-,16+,18-,25+,26-,27+/m1/s1. The van der Waals surface area contributed by atoms with Gasteiger partial charge in [-0.05, 0) is 54.9 Å². The van der Waals surface area contributed by atoms with Gasteiger partial charge in [-0.1, -0.05) is 34.6 Å². The molecule has 0 aromatic rings. The van der Waals surface area contributed by atoms with Gasteiger partial charge in [0.25, 0.3) is 0 Å². The number of fused-ring (bicyclic) bond motifs is 4. The Morgan fingerprint density at radius 1 is 1.09 bits per heavy atom. The van der Waals surface area contributed by atoms with E-state index in [0.717, 1.165) is 0 Å². The molecule has 0 heterocycles. The van der Waals surface area contributed by atoms with Crippen LogP contribution in [0.15, 0.2) is 11.1 Å². The van der Waals surface area contributed by atoms with Gasteiger partial charge in [-0.2, -0.15) is 0 Å². The summed E-state index contributed by atoms with van der Waals surface area (Å²) in [6.07, 6.45) is 1.42. The summed E-state index contributed by atoms with van der Waals surface area (Å²) < 4.78 is 0. The lowest BCUT2D eigenvalue weighted by molar-refractivity contribution is -0.147. The van der Waals surface area contributed by atoms with Crippen molar-refractivity contribution in [3.05, 3.63) is 11.1 Å². The molecule has 0 aromatic heterocycles. The third-order valence-corrected chi connectivity index (χ3v) is 10.6. The number of Topliss-reactive ketones (excluding diaryl/α,β-unsaturated/α-hetero) is 3. The fourth-order valence-corrected chi connectivity index (χ4v) is 8.47. The minimum Gasteiger partial charge on any atom is -0.481 e. The Morgan fingerprint density at radius 2 is 1.73 bits per heavy atom. The monoisotopic (exact) mass is 458 g/mol. The van der Waals surface area contributed by atoms with E-state index in [1.807, 2.05) is 34.6 Å². The van der Waals surface area contributed by atoms with Gasteiger partial charge in [-0.15, -0.1) is 0 Å². The van der Waals surface area contributed by atoms with E-state index >= 15 is 0 Å². The van der Waals surface area contributed by atoms with Crippen molar-refractivity contribution in [3.8, 4) is 0 Å². The van der Waals surface area contributed by atoms with E-state index in [0.29, 0.717) is 43.3 Å². The lowest BCUT2D eigenvalue weighted by atomic mass is 9.42. The summed E-state index contributed by atoms with van der Waals surface area (Å²) >= 11 is 0. The van der Waals surface area contributed by atoms with Crippen LogP contribution in [-0.4, -0.2) is 39.6 Å². The first kappa shape index (κ1) is 24.3. The van der Waals surface area contributed by atoms with Crippen molar-refractivity contribution in [2.45, 2.75) is 92.6 Å². The zero-order chi connectivity index (χ0) is 24.7. The molecule has 0 aliphatic heterocycles. The minimum absolute atomic E-state index is 0.00786. The molecule has 6 nitrogen and oxygen atoms in total. The maximum absolute atomic E-state index is 13.9. The first-order valence-corrected chi connectivity index (χ1v) is 12.4. The highest BCUT2D eigenvalue weighted by atomic mass is 16.4. The summed E-state index contributed by atoms with van der Waals surface area (Å²) in [5, 5.41) is 20.6. The van der Waals surface area contributed by atoms with Crippen LogP contribution in [0.25, 0.3) is 0 Å². The molecule has 2 fully saturated rings. The van der Waals surface area contributed by atoms with Crippen LogP contribution in [-0.2, 0) is 19.2 Å². The number of aliphatic hydroxyl groups is 1. The number of carbonyl (C=O) groups is 4. The second kappa shape index (κ2) is 7.34. The zero-order valence-corrected chi connectivity index (χ0v) is 20.8. The molecule has 182 valence electrons. The number of carboxylic acids is 1. The maximum atomic E-state index is 13.9. The van der Waals surface area contributed by atoms with Gasteiger partial charge < -0.3 is 10.2 Å². The first-order valence-electron chi connectivity index (χ1n) is 12.4. The van der Waals surface area contributed by atoms with E-state index in [9.17, 15) is 24.3 Å². The lowest BCUT2D eigenvalue weighted by Crippen LogP contribution is -2.60. The number of allylic oxidation sites excluding steroid dienone is 1. The van der Waals surface area contributed by atoms with Crippen molar-refractivity contribution in [2.24, 2.45) is 39.4 Å². The molecule has 33 heavy (non-hydrogen) atoms. The number of carboxylic acid groups (broad SMARTS) is 1. The molecule has 6 heteroatoms. The molecule has 0 bridgehead atoms. The molecule has 0 aromatic carbocycles. The maximum Gasteiger partial charge on any atom is 0.303 e. The molecule has 0 spiro atoms. The molecule has 0 unspecified atom stereocenters. The van der Waals surface area contributed by atoms with Gasteiger partial charge in [-0.25, -0.2) is 0 Å². The van der Waals surface area contributed by atoms with Crippen molar-refractivity contribution in [1.29, 1.82) is 0 Å². The Bertz CT molecular complexity index is 975. The molecular formula is C27H38O6. The van der Waals surface area contributed by atoms with Gasteiger partial charge in [0.2, 0.25) is 0 Å². The summed E-state index contributed by atoms with van der Waals surface area (Å²) in [6, 6.07) is 0. The quantitative estimate of drug-likeness (QED) is 0.656. The Balaban J connectivity index is 1.85. The second-order valence-electron chi connectivity index (χ2n) is 12.4. The van der Waals surface area contributed by atoms with E-state index in [1.165, 1.54) is 0 Å². The highest BCUT2D eigenvalue weighted by Crippen LogP contribution is 2.70. The van der Waals surface area contributed by atoms with E-state index in [2.05, 4.69) is 6.92 Å². The predicted molar refractivity (Wildman–Crippen MR) is 122 cm³/mol. The fourth-order valence-electron chi connectivity index (χ4n) is 8.47. The molecule has 4 aliphatic carbocycles. The van der Waals surface area contributed by atoms with Crippen LogP contribution in [0, 0.1) is 39.4 Å². The van der Waals surface area contributed by atoms with Crippen LogP contribution in [0.4, 0.5) is 0 Å². The molecule has 0 saturated heterocycles. The van der Waals surface area contributed by atoms with Crippen molar-refractivity contribution >= 4 is 23.3 Å². The first-order chi connectivity index (χ1) is 15.1. The van der Waals surface area contributed by atoms with E-state index in [1.54, 1.807) is 0 Å². The average Bonchev–Trinajstić information content (AvgIpc) is 2.92. The van der Waals surface area contributed by atoms with E-state index < -0.39 is 33.7 Å². The smallest absolute Gasteiger partial charge is 0.303 e. The number of aliphatic hydroxyl groups excluding tert-OH is 1. The van der Waals surface area contributed by atoms with Gasteiger partial charge in [-0.3, -0.25) is 19.2 Å². The molecule has 0 amide bonds. The van der Waals surface area contributed by atoms with E-state index in [-0.39, 0.29) is 47.9 Å². The minimum atomic E-state index is -0.961. The molecular weight excluding hydrogens is 420 g/mol. The fraction of sp³-hybridized carbons (Fsp3) is 0.778. The molecule has 0 radical (unpaired) electrons. The summed E-state index contributed by atoms with van der Waals surface area (Å²) in [5.74, 6) is -0.948. The van der Waals surface area contributed by atoms with Crippen LogP contribution >= 0.6 is 0 Å². The van der Waals surface area contributed by atoms with E-state index in [4.69, 9.17) is 5.11 Å². The Hall–Kier alpha value is -1.82. The van der Waals surface area contributed by atoms with Crippen molar-refractivity contribution in [3.63, 3.8) is 0 Å². The van der Waals surface area contributed by atoms with Crippen molar-refractivity contribution < 1.29 is 29.4 Å². The molecule has 2 saturated carbocycles. The third kappa shape index (κ3) is 3.01. The summed E-state index contributed by atoms with van der Waals surface area (Å²) in [5.41, 5.74) is -1.59. The highest BCUT2D eigenvalue weighted by Gasteiger charge is 2.70. The zero-order valence-electron chi connectivity index (χ0n) is 20.8. The third-order valence-electron chi connectivity index (χ3n) is 10.6. The van der Waals surface area contributed by atoms with Crippen LogP contribution in [0.1, 0.15) is 86.5 Å². The molecule has 7 atom stereocenters. The number of hydrogen-bond acceptors (Lipinski definition) is 5. The Kier molecular flexibility index (Phi) is 5.41. The largest absolute Gasteiger partial charge is 0.481 e. The summed E-state index contributed by atoms with van der Waals surface area (Å²) in [6.45, 7) is 11.8. The van der Waals surface area contributed by atoms with Crippen molar-refractivity contribution in [2.75, 3.05) is 0 Å². The summed E-state index contributed by atoms with van der Waals surface area (Å²) in [7, 11) is 0. The van der Waals surface area contributed by atoms with Gasteiger partial charge in [0, 0.05) is 42.1 Å². The molecule has 2 N–H and O–H groups in total. The van der Waals surface area contributed by atoms with Crippen molar-refractivity contribution in [1.82, 2.24) is 0 Å². The van der Waals surface area contributed by atoms with Gasteiger partial charge in [0.05, 0.1) is 11.5 Å².